The van der Waals surface area contributed by atoms with Crippen molar-refractivity contribution in [3.8, 4) is 5.75 Å². The van der Waals surface area contributed by atoms with E-state index in [1.165, 1.54) is 13.2 Å². The zero-order valence-corrected chi connectivity index (χ0v) is 12.1. The summed E-state index contributed by atoms with van der Waals surface area (Å²) in [7, 11) is 3.01. The Morgan fingerprint density at radius 2 is 2.00 bits per heavy atom. The summed E-state index contributed by atoms with van der Waals surface area (Å²) >= 11 is 0. The first kappa shape index (κ1) is 15.2. The van der Waals surface area contributed by atoms with Crippen molar-refractivity contribution in [3.05, 3.63) is 35.9 Å². The van der Waals surface area contributed by atoms with Gasteiger partial charge in [-0.1, -0.05) is 12.1 Å². The molecule has 1 aromatic rings. The molecule has 19 heavy (non-hydrogen) atoms. The van der Waals surface area contributed by atoms with E-state index in [2.05, 4.69) is 0 Å². The molecule has 0 spiro atoms. The van der Waals surface area contributed by atoms with Gasteiger partial charge in [0.25, 0.3) is 5.91 Å². The van der Waals surface area contributed by atoms with Crippen LogP contribution in [0.25, 0.3) is 6.08 Å². The Balaban J connectivity index is 2.77. The van der Waals surface area contributed by atoms with Crippen LogP contribution < -0.4 is 4.74 Å². The maximum absolute atomic E-state index is 11.5. The number of benzene rings is 1. The fraction of sp³-hybridized carbons (Fsp3) is 0.400. The topological polar surface area (TPSA) is 38.8 Å². The van der Waals surface area contributed by atoms with E-state index >= 15 is 0 Å². The van der Waals surface area contributed by atoms with Gasteiger partial charge in [-0.2, -0.15) is 0 Å². The van der Waals surface area contributed by atoms with Crippen molar-refractivity contribution in [3.63, 3.8) is 0 Å². The first-order valence-electron chi connectivity index (χ1n) is 6.11. The average Bonchev–Trinajstić information content (AvgIpc) is 2.33. The number of carbonyl (C=O) groups excluding carboxylic acids is 1. The van der Waals surface area contributed by atoms with E-state index in [-0.39, 0.29) is 11.5 Å². The van der Waals surface area contributed by atoms with Gasteiger partial charge in [0, 0.05) is 13.1 Å². The van der Waals surface area contributed by atoms with Crippen molar-refractivity contribution < 1.29 is 14.4 Å². The van der Waals surface area contributed by atoms with Gasteiger partial charge in [0.05, 0.1) is 7.11 Å². The zero-order valence-electron chi connectivity index (χ0n) is 12.1. The minimum atomic E-state index is -0.242. The van der Waals surface area contributed by atoms with Crippen LogP contribution in [0.5, 0.6) is 5.75 Å². The highest BCUT2D eigenvalue weighted by atomic mass is 16.7. The summed E-state index contributed by atoms with van der Waals surface area (Å²) in [5.74, 6) is 0.562. The third-order valence-corrected chi connectivity index (χ3v) is 2.28. The second-order valence-electron chi connectivity index (χ2n) is 5.14. The predicted octanol–water partition coefficient (Wildman–Crippen LogP) is 2.90. The number of hydrogen-bond acceptors (Lipinski definition) is 3. The van der Waals surface area contributed by atoms with Gasteiger partial charge in [-0.05, 0) is 44.5 Å². The molecule has 1 rings (SSSR count). The molecular formula is C15H21NO3. The number of ether oxygens (including phenoxy) is 1. The van der Waals surface area contributed by atoms with E-state index in [4.69, 9.17) is 9.57 Å². The Bertz CT molecular complexity index is 461. The molecule has 0 N–H and O–H groups in total. The number of nitrogens with zero attached hydrogens (tertiary/aromatic N) is 1. The molecule has 0 aliphatic carbocycles. The fourth-order valence-corrected chi connectivity index (χ4v) is 1.40. The molecule has 1 amide bonds. The van der Waals surface area contributed by atoms with Crippen LogP contribution in [0, 0.1) is 0 Å². The largest absolute Gasteiger partial charge is 0.488 e. The van der Waals surface area contributed by atoms with Gasteiger partial charge in [0.1, 0.15) is 11.4 Å². The molecule has 0 aromatic heterocycles. The molecule has 0 fully saturated rings. The number of likely N-dealkylation sites (N-methyl/N-ethyl adjacent to an activating group) is 1. The Hall–Kier alpha value is -1.81. The monoisotopic (exact) mass is 263 g/mol. The van der Waals surface area contributed by atoms with Crippen LogP contribution in [0.4, 0.5) is 0 Å². The molecule has 0 radical (unpaired) electrons. The van der Waals surface area contributed by atoms with Gasteiger partial charge >= 0.3 is 0 Å². The van der Waals surface area contributed by atoms with E-state index in [0.29, 0.717) is 0 Å². The third-order valence-electron chi connectivity index (χ3n) is 2.28. The molecule has 0 unspecified atom stereocenters. The quantitative estimate of drug-likeness (QED) is 0.619. The number of hydroxylamine groups is 2. The van der Waals surface area contributed by atoms with E-state index in [9.17, 15) is 4.79 Å². The van der Waals surface area contributed by atoms with Crippen LogP contribution in [0.3, 0.4) is 0 Å². The lowest BCUT2D eigenvalue weighted by atomic mass is 10.1. The SMILES string of the molecule is CON(C)C(=O)/C=C/c1cccc(OC(C)(C)C)c1. The van der Waals surface area contributed by atoms with Crippen LogP contribution in [-0.4, -0.2) is 30.7 Å². The summed E-state index contributed by atoms with van der Waals surface area (Å²) in [6.07, 6.45) is 3.19. The number of carbonyl (C=O) groups is 1. The third kappa shape index (κ3) is 5.57. The predicted molar refractivity (Wildman–Crippen MR) is 75.6 cm³/mol. The molecule has 104 valence electrons. The molecule has 0 saturated carbocycles. The Morgan fingerprint density at radius 1 is 1.32 bits per heavy atom. The van der Waals surface area contributed by atoms with Crippen LogP contribution in [0.15, 0.2) is 30.3 Å². The fourth-order valence-electron chi connectivity index (χ4n) is 1.40. The summed E-state index contributed by atoms with van der Waals surface area (Å²) in [5, 5.41) is 1.16. The molecule has 1 aromatic carbocycles. The van der Waals surface area contributed by atoms with Crippen molar-refractivity contribution in [2.75, 3.05) is 14.2 Å². The summed E-state index contributed by atoms with van der Waals surface area (Å²) in [4.78, 5) is 16.3. The van der Waals surface area contributed by atoms with Gasteiger partial charge in [0.2, 0.25) is 0 Å². The van der Waals surface area contributed by atoms with Crippen molar-refractivity contribution >= 4 is 12.0 Å². The van der Waals surface area contributed by atoms with Crippen molar-refractivity contribution in [1.29, 1.82) is 0 Å². The number of amides is 1. The molecule has 0 heterocycles. The molecule has 0 aliphatic heterocycles. The normalized spacial score (nSPS) is 11.6. The van der Waals surface area contributed by atoms with Crippen LogP contribution >= 0.6 is 0 Å². The molecular weight excluding hydrogens is 242 g/mol. The zero-order chi connectivity index (χ0) is 14.5. The van der Waals surface area contributed by atoms with Gasteiger partial charge in [-0.25, -0.2) is 5.06 Å². The molecule has 0 saturated heterocycles. The Labute approximate surface area is 114 Å². The Kier molecular flexibility index (Phi) is 5.12. The smallest absolute Gasteiger partial charge is 0.269 e. The van der Waals surface area contributed by atoms with Crippen molar-refractivity contribution in [1.82, 2.24) is 5.06 Å². The van der Waals surface area contributed by atoms with Crippen LogP contribution in [-0.2, 0) is 9.63 Å². The lowest BCUT2D eigenvalue weighted by Crippen LogP contribution is -2.23. The first-order valence-corrected chi connectivity index (χ1v) is 6.11. The summed E-state index contributed by atoms with van der Waals surface area (Å²) in [6.45, 7) is 5.98. The van der Waals surface area contributed by atoms with Gasteiger partial charge in [-0.15, -0.1) is 0 Å². The first-order chi connectivity index (χ1) is 8.81. The maximum Gasteiger partial charge on any atom is 0.269 e. The second kappa shape index (κ2) is 6.38. The van der Waals surface area contributed by atoms with Crippen molar-refractivity contribution in [2.24, 2.45) is 0 Å². The standard InChI is InChI=1S/C15H21NO3/c1-15(2,3)19-13-8-6-7-12(11-13)9-10-14(17)16(4)18-5/h6-11H,1-5H3/b10-9+. The maximum atomic E-state index is 11.5. The van der Waals surface area contributed by atoms with E-state index in [0.717, 1.165) is 16.4 Å². The average molecular weight is 263 g/mol. The number of rotatable bonds is 4. The molecule has 0 bridgehead atoms. The summed E-state index contributed by atoms with van der Waals surface area (Å²) in [5.41, 5.74) is 0.661. The van der Waals surface area contributed by atoms with Gasteiger partial charge in [0.15, 0.2) is 0 Å². The highest BCUT2D eigenvalue weighted by Gasteiger charge is 2.11. The molecule has 4 nitrogen and oxygen atoms in total. The minimum absolute atomic E-state index is 0.218. The minimum Gasteiger partial charge on any atom is -0.488 e. The molecule has 0 aliphatic rings. The highest BCUT2D eigenvalue weighted by Crippen LogP contribution is 2.19. The second-order valence-corrected chi connectivity index (χ2v) is 5.14. The van der Waals surface area contributed by atoms with Gasteiger partial charge in [-0.3, -0.25) is 9.63 Å². The lowest BCUT2D eigenvalue weighted by molar-refractivity contribution is -0.162. The van der Waals surface area contributed by atoms with E-state index in [1.54, 1.807) is 13.1 Å². The van der Waals surface area contributed by atoms with Crippen LogP contribution in [0.2, 0.25) is 0 Å². The van der Waals surface area contributed by atoms with E-state index < -0.39 is 0 Å². The summed E-state index contributed by atoms with van der Waals surface area (Å²) < 4.78 is 5.76. The highest BCUT2D eigenvalue weighted by molar-refractivity contribution is 5.90. The number of hydrogen-bond donors (Lipinski definition) is 0. The molecule has 0 atom stereocenters. The van der Waals surface area contributed by atoms with Crippen molar-refractivity contribution in [2.45, 2.75) is 26.4 Å². The lowest BCUT2D eigenvalue weighted by Gasteiger charge is -2.21. The van der Waals surface area contributed by atoms with Crippen LogP contribution in [0.1, 0.15) is 26.3 Å². The summed E-state index contributed by atoms with van der Waals surface area (Å²) in [6, 6.07) is 7.59. The Morgan fingerprint density at radius 3 is 2.58 bits per heavy atom. The van der Waals surface area contributed by atoms with E-state index in [1.807, 2.05) is 45.0 Å². The molecule has 4 heteroatoms. The van der Waals surface area contributed by atoms with Gasteiger partial charge < -0.3 is 4.74 Å².